The van der Waals surface area contributed by atoms with Crippen molar-refractivity contribution in [3.8, 4) is 11.6 Å². The van der Waals surface area contributed by atoms with Crippen LogP contribution < -0.4 is 5.32 Å². The largest absolute Gasteiger partial charge is 0.461 e. The van der Waals surface area contributed by atoms with Gasteiger partial charge in [0.15, 0.2) is 10.1 Å². The number of furan rings is 1. The fourth-order valence-corrected chi connectivity index (χ4v) is 4.45. The van der Waals surface area contributed by atoms with Crippen molar-refractivity contribution in [2.75, 3.05) is 5.32 Å². The summed E-state index contributed by atoms with van der Waals surface area (Å²) in [6.07, 6.45) is 1.57. The SMILES string of the molecule is C[C@@H](Sc1nnc(Nc2cccc(Br)c2)s1)c1nc(-c2ccco2)no1. The Morgan fingerprint density at radius 2 is 2.15 bits per heavy atom. The molecule has 3 aromatic heterocycles. The van der Waals surface area contributed by atoms with E-state index in [0.29, 0.717) is 17.5 Å². The third-order valence-electron chi connectivity index (χ3n) is 3.29. The molecule has 1 aromatic carbocycles. The summed E-state index contributed by atoms with van der Waals surface area (Å²) in [4.78, 5) is 4.38. The molecule has 0 spiro atoms. The molecule has 132 valence electrons. The van der Waals surface area contributed by atoms with Gasteiger partial charge < -0.3 is 14.3 Å². The number of nitrogens with zero attached hydrogens (tertiary/aromatic N) is 4. The Kier molecular flexibility index (Phi) is 5.05. The van der Waals surface area contributed by atoms with Crippen molar-refractivity contribution in [3.05, 3.63) is 53.0 Å². The molecule has 0 saturated carbocycles. The summed E-state index contributed by atoms with van der Waals surface area (Å²) in [5.74, 6) is 1.53. The van der Waals surface area contributed by atoms with E-state index in [0.717, 1.165) is 19.6 Å². The van der Waals surface area contributed by atoms with Gasteiger partial charge >= 0.3 is 0 Å². The van der Waals surface area contributed by atoms with Crippen LogP contribution in [-0.4, -0.2) is 20.3 Å². The highest BCUT2D eigenvalue weighted by Crippen LogP contribution is 2.37. The first kappa shape index (κ1) is 17.3. The summed E-state index contributed by atoms with van der Waals surface area (Å²) < 4.78 is 12.4. The van der Waals surface area contributed by atoms with E-state index in [2.05, 4.69) is 41.6 Å². The number of benzene rings is 1. The average Bonchev–Trinajstić information content (AvgIpc) is 3.36. The van der Waals surface area contributed by atoms with E-state index in [9.17, 15) is 0 Å². The standard InChI is InChI=1S/C16H12BrN5O2S2/c1-9(14-19-13(22-24-14)12-6-3-7-23-12)25-16-21-20-15(26-16)18-11-5-2-4-10(17)8-11/h2-9H,1H3,(H,18,20)/t9-/m1/s1. The van der Waals surface area contributed by atoms with Crippen molar-refractivity contribution < 1.29 is 8.94 Å². The van der Waals surface area contributed by atoms with Crippen LogP contribution in [-0.2, 0) is 0 Å². The van der Waals surface area contributed by atoms with Crippen LogP contribution in [0, 0.1) is 0 Å². The fourth-order valence-electron chi connectivity index (χ4n) is 2.11. The average molecular weight is 450 g/mol. The molecule has 4 rings (SSSR count). The maximum atomic E-state index is 5.33. The van der Waals surface area contributed by atoms with Gasteiger partial charge in [0.2, 0.25) is 16.8 Å². The van der Waals surface area contributed by atoms with Crippen LogP contribution >= 0.6 is 39.0 Å². The Balaban J connectivity index is 1.42. The normalized spacial score (nSPS) is 12.2. The van der Waals surface area contributed by atoms with Crippen molar-refractivity contribution >= 4 is 49.8 Å². The first-order valence-corrected chi connectivity index (χ1v) is 10.1. The summed E-state index contributed by atoms with van der Waals surface area (Å²) in [6, 6.07) is 11.4. The number of anilines is 2. The maximum absolute atomic E-state index is 5.33. The molecule has 0 saturated heterocycles. The van der Waals surface area contributed by atoms with Gasteiger partial charge in [-0.05, 0) is 37.3 Å². The first-order valence-electron chi connectivity index (χ1n) is 7.57. The smallest absolute Gasteiger partial charge is 0.240 e. The molecule has 10 heteroatoms. The molecule has 26 heavy (non-hydrogen) atoms. The summed E-state index contributed by atoms with van der Waals surface area (Å²) in [6.45, 7) is 1.98. The molecule has 0 radical (unpaired) electrons. The topological polar surface area (TPSA) is 89.9 Å². The molecule has 0 fully saturated rings. The molecule has 0 unspecified atom stereocenters. The minimum absolute atomic E-state index is 0.0575. The number of nitrogens with one attached hydrogen (secondary N) is 1. The molecule has 4 aromatic rings. The zero-order valence-corrected chi connectivity index (χ0v) is 16.6. The molecule has 3 heterocycles. The Morgan fingerprint density at radius 1 is 1.23 bits per heavy atom. The molecular formula is C16H12BrN5O2S2. The fraction of sp³-hybridized carbons (Fsp3) is 0.125. The third kappa shape index (κ3) is 3.97. The summed E-state index contributed by atoms with van der Waals surface area (Å²) in [7, 11) is 0. The lowest BCUT2D eigenvalue weighted by Crippen LogP contribution is -1.89. The Bertz CT molecular complexity index is 1000. The number of halogens is 1. The quantitative estimate of drug-likeness (QED) is 0.383. The summed E-state index contributed by atoms with van der Waals surface area (Å²) in [5, 5.41) is 16.2. The molecule has 1 N–H and O–H groups in total. The first-order chi connectivity index (χ1) is 12.7. The van der Waals surface area contributed by atoms with Gasteiger partial charge in [-0.15, -0.1) is 10.2 Å². The van der Waals surface area contributed by atoms with Crippen LogP contribution in [0.5, 0.6) is 0 Å². The van der Waals surface area contributed by atoms with Gasteiger partial charge in [-0.1, -0.05) is 50.3 Å². The maximum Gasteiger partial charge on any atom is 0.240 e. The second-order valence-electron chi connectivity index (χ2n) is 5.20. The van der Waals surface area contributed by atoms with Gasteiger partial charge in [0.1, 0.15) is 0 Å². The van der Waals surface area contributed by atoms with Crippen molar-refractivity contribution in [1.82, 2.24) is 20.3 Å². The highest BCUT2D eigenvalue weighted by molar-refractivity contribution is 9.10. The number of rotatable bonds is 6. The predicted octanol–water partition coefficient (Wildman–Crippen LogP) is 5.54. The number of hydrogen-bond donors (Lipinski definition) is 1. The molecule has 0 aliphatic heterocycles. The lowest BCUT2D eigenvalue weighted by atomic mass is 10.3. The van der Waals surface area contributed by atoms with E-state index in [1.165, 1.54) is 23.1 Å². The van der Waals surface area contributed by atoms with E-state index in [-0.39, 0.29) is 5.25 Å². The van der Waals surface area contributed by atoms with E-state index in [4.69, 9.17) is 8.94 Å². The minimum atomic E-state index is -0.0575. The van der Waals surface area contributed by atoms with Crippen LogP contribution in [0.3, 0.4) is 0 Å². The van der Waals surface area contributed by atoms with E-state index < -0.39 is 0 Å². The Labute approximate surface area is 165 Å². The van der Waals surface area contributed by atoms with Crippen LogP contribution in [0.2, 0.25) is 0 Å². The van der Waals surface area contributed by atoms with E-state index >= 15 is 0 Å². The molecular weight excluding hydrogens is 438 g/mol. The molecule has 0 aliphatic rings. The number of thioether (sulfide) groups is 1. The van der Waals surface area contributed by atoms with Crippen LogP contribution in [0.4, 0.5) is 10.8 Å². The van der Waals surface area contributed by atoms with Crippen molar-refractivity contribution in [3.63, 3.8) is 0 Å². The van der Waals surface area contributed by atoms with E-state index in [1.54, 1.807) is 18.4 Å². The van der Waals surface area contributed by atoms with Crippen LogP contribution in [0.1, 0.15) is 18.1 Å². The molecule has 0 aliphatic carbocycles. The minimum Gasteiger partial charge on any atom is -0.461 e. The van der Waals surface area contributed by atoms with Gasteiger partial charge in [-0.3, -0.25) is 0 Å². The Morgan fingerprint density at radius 3 is 2.96 bits per heavy atom. The van der Waals surface area contributed by atoms with Gasteiger partial charge in [0, 0.05) is 10.2 Å². The lowest BCUT2D eigenvalue weighted by molar-refractivity contribution is 0.379. The highest BCUT2D eigenvalue weighted by atomic mass is 79.9. The van der Waals surface area contributed by atoms with Gasteiger partial charge in [0.05, 0.1) is 11.5 Å². The van der Waals surface area contributed by atoms with Crippen molar-refractivity contribution in [1.29, 1.82) is 0 Å². The Hall–Kier alpha value is -2.17. The van der Waals surface area contributed by atoms with E-state index in [1.807, 2.05) is 31.2 Å². The second-order valence-corrected chi connectivity index (χ2v) is 8.68. The third-order valence-corrected chi connectivity index (χ3v) is 5.79. The second kappa shape index (κ2) is 7.60. The highest BCUT2D eigenvalue weighted by Gasteiger charge is 2.19. The molecule has 7 nitrogen and oxygen atoms in total. The lowest BCUT2D eigenvalue weighted by Gasteiger charge is -2.02. The number of aromatic nitrogens is 4. The molecule has 0 amide bonds. The summed E-state index contributed by atoms with van der Waals surface area (Å²) >= 11 is 6.43. The monoisotopic (exact) mass is 449 g/mol. The zero-order valence-electron chi connectivity index (χ0n) is 13.4. The van der Waals surface area contributed by atoms with Gasteiger partial charge in [-0.2, -0.15) is 4.98 Å². The zero-order chi connectivity index (χ0) is 17.9. The van der Waals surface area contributed by atoms with Gasteiger partial charge in [0.25, 0.3) is 0 Å². The van der Waals surface area contributed by atoms with Crippen molar-refractivity contribution in [2.45, 2.75) is 16.5 Å². The number of hydrogen-bond acceptors (Lipinski definition) is 9. The van der Waals surface area contributed by atoms with Gasteiger partial charge in [-0.25, -0.2) is 0 Å². The predicted molar refractivity (Wildman–Crippen MR) is 104 cm³/mol. The van der Waals surface area contributed by atoms with Crippen molar-refractivity contribution in [2.24, 2.45) is 0 Å². The summed E-state index contributed by atoms with van der Waals surface area (Å²) in [5.41, 5.74) is 0.945. The molecule has 0 bridgehead atoms. The molecule has 1 atom stereocenters. The van der Waals surface area contributed by atoms with Crippen LogP contribution in [0.15, 0.2) is 60.4 Å². The van der Waals surface area contributed by atoms with Crippen LogP contribution in [0.25, 0.3) is 11.6 Å².